The van der Waals surface area contributed by atoms with Gasteiger partial charge in [0.05, 0.1) is 24.3 Å². The number of nitrogens with one attached hydrogen (secondary N) is 2. The predicted molar refractivity (Wildman–Crippen MR) is 129 cm³/mol. The number of aromatic amines is 1. The summed E-state index contributed by atoms with van der Waals surface area (Å²) in [6, 6.07) is 8.94. The number of para-hydroxylation sites is 1. The molecule has 0 fully saturated rings. The molecule has 1 amide bonds. The van der Waals surface area contributed by atoms with Crippen molar-refractivity contribution in [1.82, 2.24) is 24.8 Å². The number of rotatable bonds is 4. The van der Waals surface area contributed by atoms with Crippen molar-refractivity contribution in [3.8, 4) is 11.8 Å². The lowest BCUT2D eigenvalue weighted by Crippen LogP contribution is -2.32. The van der Waals surface area contributed by atoms with Crippen molar-refractivity contribution in [2.45, 2.75) is 51.6 Å². The third-order valence-corrected chi connectivity index (χ3v) is 5.99. The molecule has 3 aromatic heterocycles. The van der Waals surface area contributed by atoms with E-state index in [9.17, 15) is 13.6 Å². The highest BCUT2D eigenvalue weighted by atomic mass is 19.1. The summed E-state index contributed by atoms with van der Waals surface area (Å²) in [4.78, 5) is 25.1. The maximum absolute atomic E-state index is 15.5. The first kappa shape index (κ1) is 23.7. The Balaban J connectivity index is 1.56. The second kappa shape index (κ2) is 8.86. The van der Waals surface area contributed by atoms with Gasteiger partial charge >= 0.3 is 0 Å². The van der Waals surface area contributed by atoms with Crippen LogP contribution in [-0.4, -0.2) is 37.3 Å². The van der Waals surface area contributed by atoms with E-state index in [1.807, 2.05) is 0 Å². The van der Waals surface area contributed by atoms with E-state index in [4.69, 9.17) is 0 Å². The third kappa shape index (κ3) is 4.59. The molecular weight excluding hydrogens is 467 g/mol. The SMILES string of the molecule is Cc1cc(C#CC(C)(C)F)cc(C(=O)N[C@@H](c2ncn3c2C[C@@H](F)C3)c2[nH]c3ccccc3c2F)n1. The topological polar surface area (TPSA) is 75.6 Å². The van der Waals surface area contributed by atoms with Gasteiger partial charge in [-0.15, -0.1) is 0 Å². The molecule has 0 bridgehead atoms. The van der Waals surface area contributed by atoms with Crippen LogP contribution >= 0.6 is 0 Å². The number of aryl methyl sites for hydroxylation is 1. The Hall–Kier alpha value is -4.06. The maximum Gasteiger partial charge on any atom is 0.270 e. The summed E-state index contributed by atoms with van der Waals surface area (Å²) >= 11 is 0. The highest BCUT2D eigenvalue weighted by Crippen LogP contribution is 2.33. The zero-order valence-corrected chi connectivity index (χ0v) is 20.0. The number of hydrogen-bond acceptors (Lipinski definition) is 3. The number of carbonyl (C=O) groups excluding carboxylic acids is 1. The van der Waals surface area contributed by atoms with Crippen molar-refractivity contribution in [3.63, 3.8) is 0 Å². The number of fused-ring (bicyclic) bond motifs is 2. The van der Waals surface area contributed by atoms with Crippen molar-refractivity contribution in [3.05, 3.63) is 82.6 Å². The van der Waals surface area contributed by atoms with Crippen molar-refractivity contribution >= 4 is 16.8 Å². The van der Waals surface area contributed by atoms with Crippen LogP contribution in [0, 0.1) is 24.6 Å². The van der Waals surface area contributed by atoms with E-state index in [0.29, 0.717) is 33.5 Å². The van der Waals surface area contributed by atoms with Crippen LogP contribution in [0.1, 0.15) is 58.7 Å². The Labute approximate surface area is 206 Å². The van der Waals surface area contributed by atoms with Crippen LogP contribution < -0.4 is 5.32 Å². The van der Waals surface area contributed by atoms with E-state index < -0.39 is 29.6 Å². The largest absolute Gasteiger partial charge is 0.354 e. The quantitative estimate of drug-likeness (QED) is 0.406. The molecule has 184 valence electrons. The van der Waals surface area contributed by atoms with Crippen LogP contribution in [0.3, 0.4) is 0 Å². The van der Waals surface area contributed by atoms with Gasteiger partial charge in [-0.25, -0.2) is 23.1 Å². The van der Waals surface area contributed by atoms with Crippen LogP contribution in [0.25, 0.3) is 10.9 Å². The second-order valence-electron chi connectivity index (χ2n) is 9.44. The number of halogens is 3. The zero-order chi connectivity index (χ0) is 25.6. The van der Waals surface area contributed by atoms with Crippen LogP contribution in [0.15, 0.2) is 42.7 Å². The van der Waals surface area contributed by atoms with Crippen LogP contribution in [0.5, 0.6) is 0 Å². The van der Waals surface area contributed by atoms with E-state index >= 15 is 4.39 Å². The first-order valence-corrected chi connectivity index (χ1v) is 11.5. The Morgan fingerprint density at radius 1 is 1.31 bits per heavy atom. The number of hydrogen-bond donors (Lipinski definition) is 2. The fraction of sp³-hybridized carbons (Fsp3) is 0.296. The molecule has 1 aliphatic rings. The molecule has 6 nitrogen and oxygen atoms in total. The molecule has 5 rings (SSSR count). The number of carbonyl (C=O) groups is 1. The molecule has 4 heterocycles. The predicted octanol–water partition coefficient (Wildman–Crippen LogP) is 4.72. The van der Waals surface area contributed by atoms with Gasteiger partial charge in [-0.1, -0.05) is 24.0 Å². The molecule has 36 heavy (non-hydrogen) atoms. The Morgan fingerprint density at radius 2 is 2.08 bits per heavy atom. The van der Waals surface area contributed by atoms with Gasteiger partial charge in [-0.2, -0.15) is 0 Å². The third-order valence-electron chi connectivity index (χ3n) is 5.99. The van der Waals surface area contributed by atoms with Crippen molar-refractivity contribution in [2.24, 2.45) is 0 Å². The molecule has 4 aromatic rings. The van der Waals surface area contributed by atoms with Gasteiger partial charge < -0.3 is 14.9 Å². The number of imidazole rings is 1. The van der Waals surface area contributed by atoms with Gasteiger partial charge in [-0.05, 0) is 45.0 Å². The Morgan fingerprint density at radius 3 is 2.83 bits per heavy atom. The first-order valence-electron chi connectivity index (χ1n) is 11.5. The number of benzene rings is 1. The number of pyridine rings is 1. The Bertz CT molecular complexity index is 1540. The average molecular weight is 492 g/mol. The first-order chi connectivity index (χ1) is 17.1. The number of alkyl halides is 2. The fourth-order valence-electron chi connectivity index (χ4n) is 4.42. The monoisotopic (exact) mass is 491 g/mol. The zero-order valence-electron chi connectivity index (χ0n) is 20.0. The summed E-state index contributed by atoms with van der Waals surface area (Å²) in [5.41, 5.74) is 0.907. The lowest BCUT2D eigenvalue weighted by molar-refractivity contribution is 0.0936. The molecular formula is C27H24F3N5O. The van der Waals surface area contributed by atoms with E-state index in [1.54, 1.807) is 41.8 Å². The standard InChI is InChI=1S/C27H24F3N5O/c1-15-10-16(8-9-27(2,3)30)11-20(32-15)26(36)34-25(23-21-12-17(28)13-35(21)14-31-23)24-22(29)18-6-4-5-7-19(18)33-24/h4-7,10-11,14,17,25,33H,12-13H2,1-3H3,(H,34,36)/t17-,25+/m1/s1. The molecule has 1 aromatic carbocycles. The molecule has 0 radical (unpaired) electrons. The lowest BCUT2D eigenvalue weighted by Gasteiger charge is -2.18. The molecule has 0 unspecified atom stereocenters. The minimum absolute atomic E-state index is 0.0386. The van der Waals surface area contributed by atoms with Crippen molar-refractivity contribution < 1.29 is 18.0 Å². The molecule has 0 saturated carbocycles. The summed E-state index contributed by atoms with van der Waals surface area (Å²) in [5.74, 6) is 4.10. The molecule has 1 aliphatic heterocycles. The number of H-pyrrole nitrogens is 1. The summed E-state index contributed by atoms with van der Waals surface area (Å²) in [6.45, 7) is 4.53. The van der Waals surface area contributed by atoms with Gasteiger partial charge in [0, 0.05) is 34.3 Å². The average Bonchev–Trinajstić information content (AvgIpc) is 3.48. The molecule has 2 atom stereocenters. The summed E-state index contributed by atoms with van der Waals surface area (Å²) in [5, 5.41) is 3.20. The van der Waals surface area contributed by atoms with E-state index in [-0.39, 0.29) is 24.4 Å². The molecule has 0 saturated heterocycles. The molecule has 9 heteroatoms. The van der Waals surface area contributed by atoms with Gasteiger partial charge in [0.25, 0.3) is 5.91 Å². The fourth-order valence-corrected chi connectivity index (χ4v) is 4.42. The Kier molecular flexibility index (Phi) is 5.83. The molecule has 0 spiro atoms. The lowest BCUT2D eigenvalue weighted by atomic mass is 10.0. The number of aromatic nitrogens is 4. The number of amides is 1. The summed E-state index contributed by atoms with van der Waals surface area (Å²) in [7, 11) is 0. The minimum Gasteiger partial charge on any atom is -0.354 e. The van der Waals surface area contributed by atoms with Crippen molar-refractivity contribution in [2.75, 3.05) is 0 Å². The highest BCUT2D eigenvalue weighted by Gasteiger charge is 2.33. The van der Waals surface area contributed by atoms with Gasteiger partial charge in [0.1, 0.15) is 17.9 Å². The van der Waals surface area contributed by atoms with Gasteiger partial charge in [0.2, 0.25) is 0 Å². The van der Waals surface area contributed by atoms with Crippen LogP contribution in [0.4, 0.5) is 13.2 Å². The smallest absolute Gasteiger partial charge is 0.270 e. The van der Waals surface area contributed by atoms with E-state index in [1.165, 1.54) is 26.2 Å². The minimum atomic E-state index is -1.70. The van der Waals surface area contributed by atoms with E-state index in [2.05, 4.69) is 32.1 Å². The molecule has 0 aliphatic carbocycles. The molecule has 2 N–H and O–H groups in total. The summed E-state index contributed by atoms with van der Waals surface area (Å²) in [6.07, 6.45) is 0.539. The van der Waals surface area contributed by atoms with Crippen LogP contribution in [-0.2, 0) is 13.0 Å². The number of nitrogens with zero attached hydrogens (tertiary/aromatic N) is 3. The van der Waals surface area contributed by atoms with E-state index in [0.717, 1.165) is 0 Å². The highest BCUT2D eigenvalue weighted by molar-refractivity contribution is 5.93. The maximum atomic E-state index is 15.5. The van der Waals surface area contributed by atoms with Gasteiger partial charge in [-0.3, -0.25) is 4.79 Å². The van der Waals surface area contributed by atoms with Crippen molar-refractivity contribution in [1.29, 1.82) is 0 Å². The summed E-state index contributed by atoms with van der Waals surface area (Å²) < 4.78 is 45.2. The van der Waals surface area contributed by atoms with Gasteiger partial charge in [0.15, 0.2) is 11.5 Å². The second-order valence-corrected chi connectivity index (χ2v) is 9.44. The normalized spacial score (nSPS) is 15.9. The van der Waals surface area contributed by atoms with Crippen LogP contribution in [0.2, 0.25) is 0 Å².